The molecule has 10 nitrogen and oxygen atoms in total. The van der Waals surface area contributed by atoms with E-state index in [1.54, 1.807) is 26.1 Å². The molecule has 1 unspecified atom stereocenters. The van der Waals surface area contributed by atoms with Crippen LogP contribution in [0.15, 0.2) is 33.9 Å². The number of methoxy groups -OCH3 is 1. The van der Waals surface area contributed by atoms with Crippen LogP contribution in [0.25, 0.3) is 11.2 Å². The van der Waals surface area contributed by atoms with Crippen LogP contribution < -0.4 is 16.1 Å². The summed E-state index contributed by atoms with van der Waals surface area (Å²) < 4.78 is 14.6. The van der Waals surface area contributed by atoms with E-state index >= 15 is 0 Å². The molecule has 2 aromatic heterocycles. The highest BCUT2D eigenvalue weighted by atomic mass is 16.5. The number of carbonyl (C=O) groups is 1. The van der Waals surface area contributed by atoms with Crippen LogP contribution in [-0.2, 0) is 29.6 Å². The number of nitrogens with zero attached hydrogens (tertiary/aromatic N) is 5. The maximum absolute atomic E-state index is 13.2. The van der Waals surface area contributed by atoms with Crippen molar-refractivity contribution in [2.75, 3.05) is 31.8 Å². The molecule has 0 spiro atoms. The van der Waals surface area contributed by atoms with E-state index in [0.717, 1.165) is 5.69 Å². The molecule has 3 aromatic rings. The summed E-state index contributed by atoms with van der Waals surface area (Å²) in [5, 5.41) is 0. The van der Waals surface area contributed by atoms with Gasteiger partial charge in [-0.25, -0.2) is 9.59 Å². The number of carbonyl (C=O) groups excluding carboxylic acids is 1. The zero-order valence-corrected chi connectivity index (χ0v) is 18.7. The molecule has 0 N–H and O–H groups in total. The monoisotopic (exact) mass is 441 g/mol. The molecule has 1 aromatic carbocycles. The molecule has 0 saturated heterocycles. The Morgan fingerprint density at radius 3 is 2.56 bits per heavy atom. The number of benzene rings is 1. The fourth-order valence-electron chi connectivity index (χ4n) is 4.09. The minimum absolute atomic E-state index is 0.174. The molecule has 170 valence electrons. The first kappa shape index (κ1) is 21.8. The van der Waals surface area contributed by atoms with Gasteiger partial charge in [0, 0.05) is 32.9 Å². The summed E-state index contributed by atoms with van der Waals surface area (Å²) in [7, 11) is 3.15. The standard InChI is InChI=1S/C22H27N5O5/c1-5-32-20(29)15-6-8-16(9-7-15)26-12-14(2)13-27-17-18(23-21(26)27)24(3)22(30)25(19(17)28)10-11-31-4/h6-9,14H,5,10-13H2,1-4H3. The lowest BCUT2D eigenvalue weighted by atomic mass is 10.1. The fraction of sp³-hybridized carbons (Fsp3) is 0.455. The minimum atomic E-state index is -0.423. The van der Waals surface area contributed by atoms with Gasteiger partial charge in [-0.3, -0.25) is 13.9 Å². The van der Waals surface area contributed by atoms with E-state index in [1.165, 1.54) is 16.2 Å². The second-order valence-corrected chi connectivity index (χ2v) is 7.97. The summed E-state index contributed by atoms with van der Waals surface area (Å²) in [6, 6.07) is 7.11. The van der Waals surface area contributed by atoms with E-state index in [2.05, 4.69) is 6.92 Å². The quantitative estimate of drug-likeness (QED) is 0.535. The topological polar surface area (TPSA) is 101 Å². The Morgan fingerprint density at radius 1 is 1.19 bits per heavy atom. The zero-order chi connectivity index (χ0) is 23.0. The summed E-state index contributed by atoms with van der Waals surface area (Å²) in [6.45, 7) is 5.91. The van der Waals surface area contributed by atoms with Crippen molar-refractivity contribution in [3.8, 4) is 0 Å². The van der Waals surface area contributed by atoms with Gasteiger partial charge in [0.2, 0.25) is 5.95 Å². The van der Waals surface area contributed by atoms with Crippen molar-refractivity contribution >= 4 is 28.8 Å². The van der Waals surface area contributed by atoms with E-state index in [0.29, 0.717) is 42.4 Å². The summed E-state index contributed by atoms with van der Waals surface area (Å²) in [5.74, 6) is 0.456. The van der Waals surface area contributed by atoms with Gasteiger partial charge in [0.1, 0.15) is 0 Å². The van der Waals surface area contributed by atoms with E-state index < -0.39 is 5.69 Å². The van der Waals surface area contributed by atoms with Gasteiger partial charge in [-0.2, -0.15) is 4.98 Å². The molecule has 1 aliphatic heterocycles. The first-order valence-electron chi connectivity index (χ1n) is 10.6. The van der Waals surface area contributed by atoms with Gasteiger partial charge in [-0.05, 0) is 37.1 Å². The maximum atomic E-state index is 13.2. The second-order valence-electron chi connectivity index (χ2n) is 7.97. The molecule has 4 rings (SSSR count). The van der Waals surface area contributed by atoms with Crippen molar-refractivity contribution in [2.45, 2.75) is 26.9 Å². The molecule has 0 saturated carbocycles. The van der Waals surface area contributed by atoms with Gasteiger partial charge in [-0.15, -0.1) is 0 Å². The van der Waals surface area contributed by atoms with Gasteiger partial charge in [0.25, 0.3) is 5.56 Å². The van der Waals surface area contributed by atoms with Gasteiger partial charge in [0.05, 0.1) is 25.3 Å². The average Bonchev–Trinajstić information content (AvgIpc) is 3.17. The highest BCUT2D eigenvalue weighted by Gasteiger charge is 2.30. The lowest BCUT2D eigenvalue weighted by Crippen LogP contribution is -2.41. The van der Waals surface area contributed by atoms with Crippen molar-refractivity contribution in [1.82, 2.24) is 18.7 Å². The number of hydrogen-bond donors (Lipinski definition) is 0. The van der Waals surface area contributed by atoms with E-state index in [1.807, 2.05) is 21.6 Å². The van der Waals surface area contributed by atoms with E-state index in [-0.39, 0.29) is 30.6 Å². The van der Waals surface area contributed by atoms with Gasteiger partial charge >= 0.3 is 11.7 Å². The van der Waals surface area contributed by atoms with Crippen LogP contribution in [-0.4, -0.2) is 51.5 Å². The van der Waals surface area contributed by atoms with Gasteiger partial charge < -0.3 is 18.9 Å². The molecular formula is C22H27N5O5. The van der Waals surface area contributed by atoms with Gasteiger partial charge in [0.15, 0.2) is 11.2 Å². The third-order valence-corrected chi connectivity index (χ3v) is 5.65. The van der Waals surface area contributed by atoms with Crippen molar-refractivity contribution in [2.24, 2.45) is 13.0 Å². The van der Waals surface area contributed by atoms with Crippen LogP contribution >= 0.6 is 0 Å². The number of hydrogen-bond acceptors (Lipinski definition) is 7. The number of esters is 1. The Hall–Kier alpha value is -3.40. The number of anilines is 2. The van der Waals surface area contributed by atoms with Crippen molar-refractivity contribution in [3.63, 3.8) is 0 Å². The average molecular weight is 441 g/mol. The predicted octanol–water partition coefficient (Wildman–Crippen LogP) is 1.51. The number of aryl methyl sites for hydroxylation is 1. The van der Waals surface area contributed by atoms with Crippen LogP contribution in [0.1, 0.15) is 24.2 Å². The number of aromatic nitrogens is 4. The first-order valence-corrected chi connectivity index (χ1v) is 10.6. The Balaban J connectivity index is 1.84. The molecule has 0 aliphatic carbocycles. The normalized spacial score (nSPS) is 15.8. The summed E-state index contributed by atoms with van der Waals surface area (Å²) >= 11 is 0. The molecule has 0 radical (unpaired) electrons. The Labute approximate surface area is 184 Å². The van der Waals surface area contributed by atoms with Crippen LogP contribution in [0, 0.1) is 5.92 Å². The lowest BCUT2D eigenvalue weighted by Gasteiger charge is -2.33. The van der Waals surface area contributed by atoms with Crippen molar-refractivity contribution in [1.29, 1.82) is 0 Å². The highest BCUT2D eigenvalue weighted by molar-refractivity contribution is 5.90. The second kappa shape index (κ2) is 8.62. The summed E-state index contributed by atoms with van der Waals surface area (Å²) in [6.07, 6.45) is 0. The first-order chi connectivity index (χ1) is 15.4. The molecular weight excluding hydrogens is 414 g/mol. The van der Waals surface area contributed by atoms with Crippen LogP contribution in [0.4, 0.5) is 11.6 Å². The zero-order valence-electron chi connectivity index (χ0n) is 18.7. The maximum Gasteiger partial charge on any atom is 0.338 e. The largest absolute Gasteiger partial charge is 0.462 e. The molecule has 32 heavy (non-hydrogen) atoms. The number of fused-ring (bicyclic) bond motifs is 3. The highest BCUT2D eigenvalue weighted by Crippen LogP contribution is 2.32. The molecule has 0 fully saturated rings. The van der Waals surface area contributed by atoms with E-state index in [9.17, 15) is 14.4 Å². The minimum Gasteiger partial charge on any atom is -0.462 e. The summed E-state index contributed by atoms with van der Waals surface area (Å²) in [5.41, 5.74) is 1.27. The number of rotatable bonds is 6. The van der Waals surface area contributed by atoms with E-state index in [4.69, 9.17) is 14.5 Å². The molecule has 1 atom stereocenters. The van der Waals surface area contributed by atoms with Gasteiger partial charge in [-0.1, -0.05) is 6.92 Å². The third-order valence-electron chi connectivity index (χ3n) is 5.65. The van der Waals surface area contributed by atoms with Crippen molar-refractivity contribution in [3.05, 3.63) is 50.7 Å². The SMILES string of the molecule is CCOC(=O)c1ccc(N2CC(C)Cn3c2nc2c3c(=O)n(CCOC)c(=O)n2C)cc1. The number of imidazole rings is 1. The Bertz CT molecular complexity index is 1270. The molecule has 1 aliphatic rings. The lowest BCUT2D eigenvalue weighted by molar-refractivity contribution is 0.0526. The van der Waals surface area contributed by atoms with Crippen LogP contribution in [0.3, 0.4) is 0 Å². The Morgan fingerprint density at radius 2 is 1.91 bits per heavy atom. The molecule has 0 amide bonds. The van der Waals surface area contributed by atoms with Crippen LogP contribution in [0.2, 0.25) is 0 Å². The molecule has 10 heteroatoms. The molecule has 3 heterocycles. The number of ether oxygens (including phenoxy) is 2. The van der Waals surface area contributed by atoms with Crippen molar-refractivity contribution < 1.29 is 14.3 Å². The predicted molar refractivity (Wildman–Crippen MR) is 120 cm³/mol. The molecule has 0 bridgehead atoms. The van der Waals surface area contributed by atoms with Crippen LogP contribution in [0.5, 0.6) is 0 Å². The summed E-state index contributed by atoms with van der Waals surface area (Å²) in [4.78, 5) is 44.7. The Kier molecular flexibility index (Phi) is 5.88. The third kappa shape index (κ3) is 3.60. The smallest absolute Gasteiger partial charge is 0.338 e. The fourth-order valence-corrected chi connectivity index (χ4v) is 4.09.